The molecule has 1 aromatic heterocycles. The van der Waals surface area contributed by atoms with E-state index in [-0.39, 0.29) is 12.5 Å². The lowest BCUT2D eigenvalue weighted by atomic mass is 9.96. The Labute approximate surface area is 144 Å². The molecule has 0 amide bonds. The number of hydrogen-bond donors (Lipinski definition) is 1. The number of aryl methyl sites for hydroxylation is 2. The van der Waals surface area contributed by atoms with Crippen LogP contribution in [0.1, 0.15) is 36.4 Å². The molecule has 0 saturated heterocycles. The molecule has 0 saturated carbocycles. The number of carbonyl (C=O) groups excluding carboxylic acids is 1. The highest BCUT2D eigenvalue weighted by Crippen LogP contribution is 2.30. The number of hydrogen-bond acceptors (Lipinski definition) is 4. The second-order valence-electron chi connectivity index (χ2n) is 5.95. The van der Waals surface area contributed by atoms with Crippen molar-refractivity contribution in [2.24, 2.45) is 0 Å². The Hall–Kier alpha value is -2.14. The van der Waals surface area contributed by atoms with Gasteiger partial charge in [0.25, 0.3) is 0 Å². The van der Waals surface area contributed by atoms with Gasteiger partial charge in [0.15, 0.2) is 0 Å². The van der Waals surface area contributed by atoms with E-state index in [1.54, 1.807) is 4.68 Å². The molecule has 2 aromatic rings. The summed E-state index contributed by atoms with van der Waals surface area (Å²) < 4.78 is 6.77. The highest BCUT2D eigenvalue weighted by Gasteiger charge is 2.18. The first-order valence-corrected chi connectivity index (χ1v) is 8.48. The molecule has 0 aliphatic carbocycles. The van der Waals surface area contributed by atoms with Crippen molar-refractivity contribution in [3.63, 3.8) is 0 Å². The maximum Gasteiger partial charge on any atom is 0.327 e. The first-order chi connectivity index (χ1) is 11.5. The van der Waals surface area contributed by atoms with Gasteiger partial charge in [0.1, 0.15) is 6.54 Å². The van der Waals surface area contributed by atoms with Gasteiger partial charge in [0, 0.05) is 17.8 Å². The van der Waals surface area contributed by atoms with Gasteiger partial charge in [-0.25, -0.2) is 0 Å². The summed E-state index contributed by atoms with van der Waals surface area (Å²) in [6.07, 6.45) is 0. The number of nitrogens with one attached hydrogen (secondary N) is 1. The second-order valence-corrected chi connectivity index (χ2v) is 5.95. The largest absolute Gasteiger partial charge is 0.465 e. The molecule has 0 aliphatic heterocycles. The second kappa shape index (κ2) is 8.11. The molecule has 130 valence electrons. The Kier molecular flexibility index (Phi) is 6.15. The maximum absolute atomic E-state index is 11.8. The summed E-state index contributed by atoms with van der Waals surface area (Å²) in [5.41, 5.74) is 6.68. The highest BCUT2D eigenvalue weighted by molar-refractivity contribution is 5.74. The number of esters is 1. The van der Waals surface area contributed by atoms with Gasteiger partial charge >= 0.3 is 5.97 Å². The SMILES string of the molecule is CCNCc1cc(C)ccc1-c1c(C)nn(CC(=O)OCC)c1C. The molecule has 0 radical (unpaired) electrons. The van der Waals surface area contributed by atoms with Crippen LogP contribution in [0.25, 0.3) is 11.1 Å². The third kappa shape index (κ3) is 4.03. The fourth-order valence-electron chi connectivity index (χ4n) is 2.94. The van der Waals surface area contributed by atoms with Gasteiger partial charge in [0.05, 0.1) is 12.3 Å². The van der Waals surface area contributed by atoms with Crippen molar-refractivity contribution in [3.05, 3.63) is 40.7 Å². The van der Waals surface area contributed by atoms with Crippen LogP contribution in [0.3, 0.4) is 0 Å². The van der Waals surface area contributed by atoms with E-state index in [0.29, 0.717) is 6.61 Å². The van der Waals surface area contributed by atoms with E-state index in [1.165, 1.54) is 16.7 Å². The topological polar surface area (TPSA) is 56.2 Å². The first-order valence-electron chi connectivity index (χ1n) is 8.48. The normalized spacial score (nSPS) is 10.9. The third-order valence-corrected chi connectivity index (χ3v) is 4.06. The van der Waals surface area contributed by atoms with Gasteiger partial charge < -0.3 is 10.1 Å². The lowest BCUT2D eigenvalue weighted by molar-refractivity contribution is -0.144. The van der Waals surface area contributed by atoms with Gasteiger partial charge in [-0.1, -0.05) is 30.7 Å². The minimum absolute atomic E-state index is 0.148. The fraction of sp³-hybridized carbons (Fsp3) is 0.474. The third-order valence-electron chi connectivity index (χ3n) is 4.06. The molecule has 0 spiro atoms. The quantitative estimate of drug-likeness (QED) is 0.793. The molecule has 0 bridgehead atoms. The summed E-state index contributed by atoms with van der Waals surface area (Å²) in [7, 11) is 0. The van der Waals surface area contributed by atoms with Crippen molar-refractivity contribution in [1.29, 1.82) is 0 Å². The average Bonchev–Trinajstić information content (AvgIpc) is 2.80. The maximum atomic E-state index is 11.8. The van der Waals surface area contributed by atoms with Gasteiger partial charge in [-0.3, -0.25) is 9.48 Å². The molecule has 24 heavy (non-hydrogen) atoms. The molecule has 1 heterocycles. The molecule has 0 unspecified atom stereocenters. The zero-order chi connectivity index (χ0) is 17.7. The number of benzene rings is 1. The molecule has 1 N–H and O–H groups in total. The zero-order valence-electron chi connectivity index (χ0n) is 15.3. The number of ether oxygens (including phenoxy) is 1. The lowest BCUT2D eigenvalue weighted by Crippen LogP contribution is -2.15. The summed E-state index contributed by atoms with van der Waals surface area (Å²) in [6, 6.07) is 6.47. The summed E-state index contributed by atoms with van der Waals surface area (Å²) in [5, 5.41) is 7.94. The fourth-order valence-corrected chi connectivity index (χ4v) is 2.94. The Morgan fingerprint density at radius 2 is 2.00 bits per heavy atom. The van der Waals surface area contributed by atoms with Gasteiger partial charge in [-0.15, -0.1) is 0 Å². The molecular weight excluding hydrogens is 302 g/mol. The predicted octanol–water partition coefficient (Wildman–Crippen LogP) is 3.15. The Morgan fingerprint density at radius 1 is 1.25 bits per heavy atom. The van der Waals surface area contributed by atoms with Crippen LogP contribution in [0.5, 0.6) is 0 Å². The zero-order valence-corrected chi connectivity index (χ0v) is 15.3. The smallest absolute Gasteiger partial charge is 0.327 e. The minimum atomic E-state index is -0.258. The van der Waals surface area contributed by atoms with Crippen molar-refractivity contribution < 1.29 is 9.53 Å². The van der Waals surface area contributed by atoms with Crippen LogP contribution in [0.4, 0.5) is 0 Å². The molecule has 1 aromatic carbocycles. The summed E-state index contributed by atoms with van der Waals surface area (Å²) in [6.45, 7) is 12.3. The number of aromatic nitrogens is 2. The van der Waals surface area contributed by atoms with Crippen molar-refractivity contribution in [2.75, 3.05) is 13.2 Å². The van der Waals surface area contributed by atoms with Crippen LogP contribution in [0.2, 0.25) is 0 Å². The molecule has 2 rings (SSSR count). The lowest BCUT2D eigenvalue weighted by Gasteiger charge is -2.12. The van der Waals surface area contributed by atoms with Crippen molar-refractivity contribution in [1.82, 2.24) is 15.1 Å². The van der Waals surface area contributed by atoms with Crippen LogP contribution in [0.15, 0.2) is 18.2 Å². The van der Waals surface area contributed by atoms with Crippen molar-refractivity contribution in [3.8, 4) is 11.1 Å². The predicted molar refractivity (Wildman–Crippen MR) is 95.9 cm³/mol. The van der Waals surface area contributed by atoms with E-state index in [2.05, 4.69) is 42.5 Å². The van der Waals surface area contributed by atoms with Crippen LogP contribution >= 0.6 is 0 Å². The van der Waals surface area contributed by atoms with Crippen LogP contribution in [-0.2, 0) is 22.6 Å². The van der Waals surface area contributed by atoms with E-state index in [4.69, 9.17) is 4.74 Å². The van der Waals surface area contributed by atoms with Crippen molar-refractivity contribution in [2.45, 2.75) is 47.7 Å². The number of rotatable bonds is 7. The Balaban J connectivity index is 2.42. The average molecular weight is 329 g/mol. The van der Waals surface area contributed by atoms with Gasteiger partial charge in [-0.2, -0.15) is 5.10 Å². The number of nitrogens with zero attached hydrogens (tertiary/aromatic N) is 2. The van der Waals surface area contributed by atoms with E-state index in [9.17, 15) is 4.79 Å². The van der Waals surface area contributed by atoms with E-state index in [0.717, 1.165) is 30.0 Å². The molecule has 0 aliphatic rings. The molecule has 5 heteroatoms. The van der Waals surface area contributed by atoms with Gasteiger partial charge in [0.2, 0.25) is 0 Å². The highest BCUT2D eigenvalue weighted by atomic mass is 16.5. The van der Waals surface area contributed by atoms with Crippen molar-refractivity contribution >= 4 is 5.97 Å². The first kappa shape index (κ1) is 18.2. The monoisotopic (exact) mass is 329 g/mol. The number of carbonyl (C=O) groups is 1. The van der Waals surface area contributed by atoms with E-state index < -0.39 is 0 Å². The minimum Gasteiger partial charge on any atom is -0.465 e. The molecular formula is C19H27N3O2. The van der Waals surface area contributed by atoms with Gasteiger partial charge in [-0.05, 0) is 45.4 Å². The standard InChI is InChI=1S/C19H27N3O2/c1-6-20-11-16-10-13(3)8-9-17(16)19-14(4)21-22(15(19)5)12-18(23)24-7-2/h8-10,20H,6-7,11-12H2,1-5H3. The molecule has 0 fully saturated rings. The van der Waals surface area contributed by atoms with Crippen LogP contribution in [0, 0.1) is 20.8 Å². The summed E-state index contributed by atoms with van der Waals surface area (Å²) in [5.74, 6) is -0.258. The van der Waals surface area contributed by atoms with E-state index >= 15 is 0 Å². The van der Waals surface area contributed by atoms with E-state index in [1.807, 2.05) is 20.8 Å². The molecule has 0 atom stereocenters. The van der Waals surface area contributed by atoms with Crippen LogP contribution < -0.4 is 5.32 Å². The Morgan fingerprint density at radius 3 is 2.67 bits per heavy atom. The molecule has 5 nitrogen and oxygen atoms in total. The summed E-state index contributed by atoms with van der Waals surface area (Å²) >= 11 is 0. The Bertz CT molecular complexity index is 720. The van der Waals surface area contributed by atoms with Crippen LogP contribution in [-0.4, -0.2) is 28.9 Å². The summed E-state index contributed by atoms with van der Waals surface area (Å²) in [4.78, 5) is 11.8.